The van der Waals surface area contributed by atoms with Crippen LogP contribution in [0.3, 0.4) is 0 Å². The summed E-state index contributed by atoms with van der Waals surface area (Å²) in [6.45, 7) is 6.48. The molecule has 1 amide bonds. The van der Waals surface area contributed by atoms with E-state index in [0.717, 1.165) is 12.8 Å². The Labute approximate surface area is 198 Å². The van der Waals surface area contributed by atoms with Gasteiger partial charge in [0.15, 0.2) is 0 Å². The van der Waals surface area contributed by atoms with Gasteiger partial charge in [-0.3, -0.25) is 14.9 Å². The van der Waals surface area contributed by atoms with Crippen LogP contribution in [0.15, 0.2) is 42.5 Å². The van der Waals surface area contributed by atoms with Crippen molar-refractivity contribution in [3.63, 3.8) is 0 Å². The van der Waals surface area contributed by atoms with Crippen molar-refractivity contribution in [1.82, 2.24) is 0 Å². The molecule has 0 bridgehead atoms. The number of nitrogens with one attached hydrogen (secondary N) is 1. The lowest BCUT2D eigenvalue weighted by Gasteiger charge is -2.38. The lowest BCUT2D eigenvalue weighted by Crippen LogP contribution is -2.38. The largest absolute Gasteiger partial charge is 0.478 e. The average Bonchev–Trinajstić information content (AvgIpc) is 2.77. The van der Waals surface area contributed by atoms with Crippen LogP contribution in [0.5, 0.6) is 11.5 Å². The number of carboxylic acids is 1. The van der Waals surface area contributed by atoms with Crippen LogP contribution in [0.1, 0.15) is 50.4 Å². The molecule has 3 atom stereocenters. The van der Waals surface area contributed by atoms with E-state index in [1.54, 1.807) is 0 Å². The van der Waals surface area contributed by atoms with E-state index in [2.05, 4.69) is 26.1 Å². The zero-order valence-corrected chi connectivity index (χ0v) is 19.5. The predicted molar refractivity (Wildman–Crippen MR) is 126 cm³/mol. The zero-order valence-electron chi connectivity index (χ0n) is 19.5. The van der Waals surface area contributed by atoms with E-state index in [1.807, 2.05) is 0 Å². The Morgan fingerprint density at radius 1 is 1.18 bits per heavy atom. The van der Waals surface area contributed by atoms with Gasteiger partial charge in [0.2, 0.25) is 11.7 Å². The van der Waals surface area contributed by atoms with E-state index < -0.39 is 10.9 Å². The van der Waals surface area contributed by atoms with Crippen LogP contribution in [-0.2, 0) is 9.53 Å². The molecular formula is C25H30N2O7. The molecule has 1 saturated carbocycles. The number of benzene rings is 2. The van der Waals surface area contributed by atoms with Gasteiger partial charge in [0.05, 0.1) is 16.6 Å². The molecule has 1 aliphatic carbocycles. The average molecular weight is 471 g/mol. The molecule has 3 unspecified atom stereocenters. The third kappa shape index (κ3) is 6.32. The molecule has 0 aromatic heterocycles. The van der Waals surface area contributed by atoms with E-state index >= 15 is 0 Å². The first-order valence-corrected chi connectivity index (χ1v) is 11.4. The standard InChI is InChI=1S/C25H30N2O7/c1-15(2)24-16(3)5-4-6-21(24)33-14-23(28)26-18-9-12-20(27(31)32)22(13-18)34-19-10-7-17(8-11-19)25(29)30/h7-13,15-16,21,24H,4-6,14H2,1-3H3,(H,26,28)(H,29,30). The highest BCUT2D eigenvalue weighted by Crippen LogP contribution is 2.37. The van der Waals surface area contributed by atoms with E-state index in [1.165, 1.54) is 48.9 Å². The molecule has 1 aliphatic rings. The number of anilines is 1. The third-order valence-corrected chi connectivity index (χ3v) is 6.20. The van der Waals surface area contributed by atoms with Crippen LogP contribution >= 0.6 is 0 Å². The molecule has 0 radical (unpaired) electrons. The van der Waals surface area contributed by atoms with Gasteiger partial charge in [-0.15, -0.1) is 0 Å². The highest BCUT2D eigenvalue weighted by atomic mass is 16.6. The number of nitro benzene ring substituents is 1. The quantitative estimate of drug-likeness (QED) is 0.366. The summed E-state index contributed by atoms with van der Waals surface area (Å²) < 4.78 is 11.6. The minimum Gasteiger partial charge on any atom is -0.478 e. The third-order valence-electron chi connectivity index (χ3n) is 6.20. The van der Waals surface area contributed by atoms with Crippen molar-refractivity contribution >= 4 is 23.3 Å². The summed E-state index contributed by atoms with van der Waals surface area (Å²) in [7, 11) is 0. The maximum absolute atomic E-state index is 12.5. The SMILES string of the molecule is CC(C)C1C(C)CCCC1OCC(=O)Nc1ccc([N+](=O)[O-])c(Oc2ccc(C(=O)O)cc2)c1. The van der Waals surface area contributed by atoms with Crippen LogP contribution in [0.4, 0.5) is 11.4 Å². The van der Waals surface area contributed by atoms with Gasteiger partial charge in [0.1, 0.15) is 12.4 Å². The number of ether oxygens (including phenoxy) is 2. The van der Waals surface area contributed by atoms with Gasteiger partial charge in [0, 0.05) is 17.8 Å². The first-order valence-electron chi connectivity index (χ1n) is 11.4. The number of amides is 1. The first-order chi connectivity index (χ1) is 16.2. The monoisotopic (exact) mass is 470 g/mol. The Hall–Kier alpha value is -3.46. The molecule has 182 valence electrons. The predicted octanol–water partition coefficient (Wildman–Crippen LogP) is 5.50. The Bertz CT molecular complexity index is 1040. The molecule has 34 heavy (non-hydrogen) atoms. The van der Waals surface area contributed by atoms with Crippen LogP contribution in [0.2, 0.25) is 0 Å². The number of nitro groups is 1. The summed E-state index contributed by atoms with van der Waals surface area (Å²) in [6, 6.07) is 9.52. The molecule has 2 aromatic carbocycles. The number of hydrogen-bond donors (Lipinski definition) is 2. The molecule has 2 aromatic rings. The number of carbonyl (C=O) groups is 2. The van der Waals surface area contributed by atoms with Crippen LogP contribution in [0, 0.1) is 27.9 Å². The lowest BCUT2D eigenvalue weighted by atomic mass is 9.72. The van der Waals surface area contributed by atoms with Gasteiger partial charge < -0.3 is 19.9 Å². The van der Waals surface area contributed by atoms with Gasteiger partial charge in [-0.1, -0.05) is 33.6 Å². The molecule has 0 aliphatic heterocycles. The van der Waals surface area contributed by atoms with E-state index in [9.17, 15) is 19.7 Å². The fourth-order valence-corrected chi connectivity index (χ4v) is 4.67. The summed E-state index contributed by atoms with van der Waals surface area (Å²) in [5.41, 5.74) is 0.108. The molecule has 0 heterocycles. The van der Waals surface area contributed by atoms with Crippen LogP contribution in [-0.4, -0.2) is 34.6 Å². The fraction of sp³-hybridized carbons (Fsp3) is 0.440. The number of rotatable bonds is 9. The minimum atomic E-state index is -1.09. The molecule has 0 saturated heterocycles. The zero-order chi connectivity index (χ0) is 24.8. The van der Waals surface area contributed by atoms with Crippen molar-refractivity contribution in [3.8, 4) is 11.5 Å². The van der Waals surface area contributed by atoms with E-state index in [0.29, 0.717) is 23.4 Å². The van der Waals surface area contributed by atoms with Crippen molar-refractivity contribution in [2.75, 3.05) is 11.9 Å². The number of carboxylic acid groups (broad SMARTS) is 1. The molecule has 3 rings (SSSR count). The summed E-state index contributed by atoms with van der Waals surface area (Å²) in [6.07, 6.45) is 3.20. The normalized spacial score (nSPS) is 20.1. The number of hydrogen-bond acceptors (Lipinski definition) is 6. The van der Waals surface area contributed by atoms with Crippen LogP contribution in [0.25, 0.3) is 0 Å². The smallest absolute Gasteiger partial charge is 0.335 e. The minimum absolute atomic E-state index is 0.0269. The highest BCUT2D eigenvalue weighted by molar-refractivity contribution is 5.92. The molecule has 9 heteroatoms. The molecule has 9 nitrogen and oxygen atoms in total. The van der Waals surface area contributed by atoms with Gasteiger partial charge in [-0.25, -0.2) is 4.79 Å². The fourth-order valence-electron chi connectivity index (χ4n) is 4.67. The maximum Gasteiger partial charge on any atom is 0.335 e. The maximum atomic E-state index is 12.5. The van der Waals surface area contributed by atoms with E-state index in [4.69, 9.17) is 14.6 Å². The second-order valence-electron chi connectivity index (χ2n) is 9.00. The second kappa shape index (κ2) is 11.1. The van der Waals surface area contributed by atoms with Crippen molar-refractivity contribution in [3.05, 3.63) is 58.1 Å². The summed E-state index contributed by atoms with van der Waals surface area (Å²) in [5.74, 6) is 0.105. The van der Waals surface area contributed by atoms with Gasteiger partial charge in [-0.05, 0) is 54.5 Å². The topological polar surface area (TPSA) is 128 Å². The van der Waals surface area contributed by atoms with Crippen molar-refractivity contribution in [2.24, 2.45) is 17.8 Å². The summed E-state index contributed by atoms with van der Waals surface area (Å²) in [4.78, 5) is 34.4. The van der Waals surface area contributed by atoms with Crippen molar-refractivity contribution < 1.29 is 29.1 Å². The Kier molecular flexibility index (Phi) is 8.22. The molecule has 2 N–H and O–H groups in total. The Morgan fingerprint density at radius 3 is 2.50 bits per heavy atom. The highest BCUT2D eigenvalue weighted by Gasteiger charge is 2.33. The molecule has 1 fully saturated rings. The number of carbonyl (C=O) groups excluding carboxylic acids is 1. The van der Waals surface area contributed by atoms with Crippen LogP contribution < -0.4 is 10.1 Å². The number of nitrogens with zero attached hydrogens (tertiary/aromatic N) is 1. The molecule has 0 spiro atoms. The Balaban J connectivity index is 1.68. The van der Waals surface area contributed by atoms with Gasteiger partial charge >= 0.3 is 11.7 Å². The lowest BCUT2D eigenvalue weighted by molar-refractivity contribution is -0.385. The number of aromatic carboxylic acids is 1. The van der Waals surface area contributed by atoms with Gasteiger partial charge in [-0.2, -0.15) is 0 Å². The van der Waals surface area contributed by atoms with E-state index in [-0.39, 0.29) is 41.4 Å². The summed E-state index contributed by atoms with van der Waals surface area (Å²) in [5, 5.41) is 23.1. The Morgan fingerprint density at radius 2 is 1.88 bits per heavy atom. The van der Waals surface area contributed by atoms with Crippen molar-refractivity contribution in [2.45, 2.75) is 46.1 Å². The molecular weight excluding hydrogens is 440 g/mol. The van der Waals surface area contributed by atoms with Gasteiger partial charge in [0.25, 0.3) is 0 Å². The van der Waals surface area contributed by atoms with Crippen molar-refractivity contribution in [1.29, 1.82) is 0 Å². The second-order valence-corrected chi connectivity index (χ2v) is 9.00. The first kappa shape index (κ1) is 25.2. The summed E-state index contributed by atoms with van der Waals surface area (Å²) >= 11 is 0.